The number of nitrogens with one attached hydrogen (secondary N) is 1. The summed E-state index contributed by atoms with van der Waals surface area (Å²) in [4.78, 5) is 11.0. The lowest BCUT2D eigenvalue weighted by Crippen LogP contribution is -2.41. The van der Waals surface area contributed by atoms with Crippen LogP contribution in [0.3, 0.4) is 0 Å². The van der Waals surface area contributed by atoms with Crippen LogP contribution in [0.2, 0.25) is 0 Å². The van der Waals surface area contributed by atoms with Crippen molar-refractivity contribution in [3.63, 3.8) is 0 Å². The van der Waals surface area contributed by atoms with Crippen molar-refractivity contribution in [1.82, 2.24) is 5.32 Å². The molecule has 0 saturated carbocycles. The Morgan fingerprint density at radius 1 is 1.73 bits per heavy atom. The van der Waals surface area contributed by atoms with E-state index in [-0.39, 0.29) is 5.91 Å². The number of carbonyl (C=O) groups is 1. The van der Waals surface area contributed by atoms with Gasteiger partial charge in [-0.1, -0.05) is 0 Å². The van der Waals surface area contributed by atoms with Gasteiger partial charge in [-0.05, 0) is 13.3 Å². The number of ether oxygens (including phenoxy) is 1. The minimum absolute atomic E-state index is 0.107. The van der Waals surface area contributed by atoms with Crippen molar-refractivity contribution in [2.24, 2.45) is 5.73 Å². The molecule has 66 valence electrons. The minimum atomic E-state index is -0.435. The molecule has 0 aliphatic carbocycles. The van der Waals surface area contributed by atoms with E-state index in [1.54, 1.807) is 7.11 Å². The first-order valence-electron chi connectivity index (χ1n) is 3.74. The van der Waals surface area contributed by atoms with E-state index in [2.05, 4.69) is 5.32 Å². The molecule has 1 unspecified atom stereocenters. The zero-order chi connectivity index (χ0) is 8.69. The Balaban J connectivity index is 3.46. The van der Waals surface area contributed by atoms with Crippen LogP contribution in [0, 0.1) is 0 Å². The minimum Gasteiger partial charge on any atom is -0.385 e. The molecule has 1 atom stereocenters. The molecule has 4 nitrogen and oxygen atoms in total. The van der Waals surface area contributed by atoms with E-state index in [4.69, 9.17) is 10.5 Å². The Labute approximate surface area is 67.1 Å². The molecule has 0 bridgehead atoms. The summed E-state index contributed by atoms with van der Waals surface area (Å²) in [5.74, 6) is -0.107. The van der Waals surface area contributed by atoms with Crippen molar-refractivity contribution in [1.29, 1.82) is 0 Å². The fourth-order valence-corrected chi connectivity index (χ4v) is 0.681. The van der Waals surface area contributed by atoms with Crippen LogP contribution in [0.5, 0.6) is 0 Å². The van der Waals surface area contributed by atoms with Crippen molar-refractivity contribution in [3.05, 3.63) is 0 Å². The highest BCUT2D eigenvalue weighted by Gasteiger charge is 2.10. The van der Waals surface area contributed by atoms with Gasteiger partial charge in [0.1, 0.15) is 0 Å². The Morgan fingerprint density at radius 2 is 2.36 bits per heavy atom. The van der Waals surface area contributed by atoms with Gasteiger partial charge in [0.25, 0.3) is 0 Å². The Hall–Kier alpha value is -0.610. The number of nitrogens with two attached hydrogens (primary N) is 1. The second-order valence-corrected chi connectivity index (χ2v) is 2.28. The van der Waals surface area contributed by atoms with Gasteiger partial charge in [-0.15, -0.1) is 0 Å². The topological polar surface area (TPSA) is 64.4 Å². The molecular formula is C7H16N2O2. The first kappa shape index (κ1) is 10.4. The molecule has 0 saturated heterocycles. The monoisotopic (exact) mass is 160 g/mol. The molecule has 11 heavy (non-hydrogen) atoms. The molecule has 0 spiro atoms. The molecule has 0 aliphatic rings. The van der Waals surface area contributed by atoms with Crippen LogP contribution in [-0.2, 0) is 9.53 Å². The van der Waals surface area contributed by atoms with Crippen LogP contribution in [-0.4, -0.2) is 32.2 Å². The molecule has 3 N–H and O–H groups in total. The maximum atomic E-state index is 11.0. The Morgan fingerprint density at radius 3 is 2.82 bits per heavy atom. The van der Waals surface area contributed by atoms with Gasteiger partial charge in [-0.3, -0.25) is 4.79 Å². The van der Waals surface area contributed by atoms with Gasteiger partial charge in [0.2, 0.25) is 5.91 Å². The molecule has 1 amide bonds. The van der Waals surface area contributed by atoms with Crippen molar-refractivity contribution >= 4 is 5.91 Å². The van der Waals surface area contributed by atoms with E-state index in [0.29, 0.717) is 19.6 Å². The Bertz CT molecular complexity index is 117. The van der Waals surface area contributed by atoms with Crippen molar-refractivity contribution in [3.8, 4) is 0 Å². The summed E-state index contributed by atoms with van der Waals surface area (Å²) in [6.45, 7) is 3.01. The third-order valence-electron chi connectivity index (χ3n) is 1.32. The van der Waals surface area contributed by atoms with Crippen molar-refractivity contribution in [2.45, 2.75) is 19.4 Å². The quantitative estimate of drug-likeness (QED) is 0.569. The standard InChI is InChI=1S/C7H16N2O2/c1-3-9-7(10)6(8)4-5-11-2/h6H,3-5,8H2,1-2H3,(H,9,10). The molecule has 4 heteroatoms. The molecule has 0 aromatic heterocycles. The molecule has 0 fully saturated rings. The summed E-state index contributed by atoms with van der Waals surface area (Å²) in [6, 6.07) is -0.435. The van der Waals surface area contributed by atoms with Gasteiger partial charge < -0.3 is 15.8 Å². The second-order valence-electron chi connectivity index (χ2n) is 2.28. The zero-order valence-electron chi connectivity index (χ0n) is 7.09. The zero-order valence-corrected chi connectivity index (χ0v) is 7.09. The molecular weight excluding hydrogens is 144 g/mol. The van der Waals surface area contributed by atoms with Gasteiger partial charge in [0.15, 0.2) is 0 Å². The summed E-state index contributed by atoms with van der Waals surface area (Å²) >= 11 is 0. The van der Waals surface area contributed by atoms with Gasteiger partial charge in [-0.25, -0.2) is 0 Å². The molecule has 0 rings (SSSR count). The average molecular weight is 160 g/mol. The van der Waals surface area contributed by atoms with Crippen LogP contribution in [0.4, 0.5) is 0 Å². The highest BCUT2D eigenvalue weighted by molar-refractivity contribution is 5.81. The number of methoxy groups -OCH3 is 1. The Kier molecular flexibility index (Phi) is 5.78. The van der Waals surface area contributed by atoms with Crippen molar-refractivity contribution < 1.29 is 9.53 Å². The molecule has 0 heterocycles. The van der Waals surface area contributed by atoms with Crippen LogP contribution in [0.1, 0.15) is 13.3 Å². The van der Waals surface area contributed by atoms with Gasteiger partial charge in [0.05, 0.1) is 6.04 Å². The summed E-state index contributed by atoms with van der Waals surface area (Å²) in [5, 5.41) is 2.63. The summed E-state index contributed by atoms with van der Waals surface area (Å²) < 4.78 is 4.78. The van der Waals surface area contributed by atoms with Gasteiger partial charge in [-0.2, -0.15) is 0 Å². The predicted octanol–water partition coefficient (Wildman–Crippen LogP) is -0.514. The predicted molar refractivity (Wildman–Crippen MR) is 43.2 cm³/mol. The maximum absolute atomic E-state index is 11.0. The fourth-order valence-electron chi connectivity index (χ4n) is 0.681. The summed E-state index contributed by atoms with van der Waals surface area (Å²) in [5.41, 5.74) is 5.50. The van der Waals surface area contributed by atoms with E-state index in [1.165, 1.54) is 0 Å². The first-order valence-corrected chi connectivity index (χ1v) is 3.74. The number of likely N-dealkylation sites (N-methyl/N-ethyl adjacent to an activating group) is 1. The van der Waals surface area contributed by atoms with Gasteiger partial charge in [0, 0.05) is 20.3 Å². The van der Waals surface area contributed by atoms with E-state index >= 15 is 0 Å². The second kappa shape index (κ2) is 6.12. The van der Waals surface area contributed by atoms with Crippen LogP contribution in [0.15, 0.2) is 0 Å². The van der Waals surface area contributed by atoms with Gasteiger partial charge >= 0.3 is 0 Å². The normalized spacial score (nSPS) is 12.6. The smallest absolute Gasteiger partial charge is 0.236 e. The number of rotatable bonds is 5. The summed E-state index contributed by atoms with van der Waals surface area (Å²) in [6.07, 6.45) is 0.572. The van der Waals surface area contributed by atoms with Crippen molar-refractivity contribution in [2.75, 3.05) is 20.3 Å². The van der Waals surface area contributed by atoms with Crippen LogP contribution in [0.25, 0.3) is 0 Å². The first-order chi connectivity index (χ1) is 5.22. The number of amides is 1. The highest BCUT2D eigenvalue weighted by Crippen LogP contribution is 1.87. The summed E-state index contributed by atoms with van der Waals surface area (Å²) in [7, 11) is 1.59. The molecule has 0 radical (unpaired) electrons. The highest BCUT2D eigenvalue weighted by atomic mass is 16.5. The maximum Gasteiger partial charge on any atom is 0.236 e. The average Bonchev–Trinajstić information content (AvgIpc) is 2.00. The number of hydrogen-bond donors (Lipinski definition) is 2. The van der Waals surface area contributed by atoms with E-state index in [1.807, 2.05) is 6.92 Å². The lowest BCUT2D eigenvalue weighted by Gasteiger charge is -2.09. The number of carbonyl (C=O) groups excluding carboxylic acids is 1. The largest absolute Gasteiger partial charge is 0.385 e. The van der Waals surface area contributed by atoms with Crippen LogP contribution < -0.4 is 11.1 Å². The third-order valence-corrected chi connectivity index (χ3v) is 1.32. The lowest BCUT2D eigenvalue weighted by molar-refractivity contribution is -0.122. The van der Waals surface area contributed by atoms with E-state index in [9.17, 15) is 4.79 Å². The SMILES string of the molecule is CCNC(=O)C(N)CCOC. The number of hydrogen-bond acceptors (Lipinski definition) is 3. The fraction of sp³-hybridized carbons (Fsp3) is 0.857. The van der Waals surface area contributed by atoms with E-state index in [0.717, 1.165) is 0 Å². The molecule has 0 aliphatic heterocycles. The molecule has 0 aromatic rings. The van der Waals surface area contributed by atoms with Crippen LogP contribution >= 0.6 is 0 Å². The lowest BCUT2D eigenvalue weighted by atomic mass is 10.2. The van der Waals surface area contributed by atoms with E-state index < -0.39 is 6.04 Å². The third kappa shape index (κ3) is 4.75. The molecule has 0 aromatic carbocycles.